The van der Waals surface area contributed by atoms with Crippen molar-refractivity contribution in [3.63, 3.8) is 0 Å². The van der Waals surface area contributed by atoms with E-state index in [2.05, 4.69) is 10.2 Å². The number of H-pyrrole nitrogens is 1. The van der Waals surface area contributed by atoms with Crippen molar-refractivity contribution in [1.82, 2.24) is 10.2 Å². The second-order valence-corrected chi connectivity index (χ2v) is 4.12. The highest BCUT2D eigenvalue weighted by atomic mass is 16.5. The van der Waals surface area contributed by atoms with E-state index in [1.165, 1.54) is 0 Å². The Morgan fingerprint density at radius 1 is 1.37 bits per heavy atom. The number of carboxylic acid groups (broad SMARTS) is 1. The lowest BCUT2D eigenvalue weighted by molar-refractivity contribution is 0.0690. The van der Waals surface area contributed by atoms with Crippen LogP contribution in [0.15, 0.2) is 30.3 Å². The lowest BCUT2D eigenvalue weighted by Crippen LogP contribution is -1.98. The maximum atomic E-state index is 10.7. The number of carbonyl (C=O) groups is 1. The number of benzene rings is 1. The number of aromatic carboxylic acids is 1. The van der Waals surface area contributed by atoms with Crippen LogP contribution >= 0.6 is 0 Å². The van der Waals surface area contributed by atoms with Crippen LogP contribution in [0.1, 0.15) is 28.7 Å². The molecule has 5 nitrogen and oxygen atoms in total. The van der Waals surface area contributed by atoms with E-state index >= 15 is 0 Å². The molecular weight excluding hydrogens is 244 g/mol. The van der Waals surface area contributed by atoms with Gasteiger partial charge in [-0.05, 0) is 37.5 Å². The molecule has 0 unspecified atom stereocenters. The molecule has 0 spiro atoms. The molecular formula is C14H16N2O3. The van der Waals surface area contributed by atoms with E-state index in [0.29, 0.717) is 13.0 Å². The number of rotatable bonds is 6. The van der Waals surface area contributed by atoms with Crippen LogP contribution in [0.2, 0.25) is 0 Å². The van der Waals surface area contributed by atoms with Crippen LogP contribution in [0.25, 0.3) is 0 Å². The van der Waals surface area contributed by atoms with Crippen LogP contribution in [0.3, 0.4) is 0 Å². The lowest BCUT2D eigenvalue weighted by atomic mass is 10.1. The first-order valence-electron chi connectivity index (χ1n) is 6.19. The number of aromatic amines is 1. The predicted octanol–water partition coefficient (Wildman–Crippen LogP) is 2.29. The number of para-hydroxylation sites is 1. The smallest absolute Gasteiger partial charge is 0.353 e. The van der Waals surface area contributed by atoms with Crippen LogP contribution in [0.5, 0.6) is 5.75 Å². The zero-order valence-corrected chi connectivity index (χ0v) is 10.7. The molecule has 0 atom stereocenters. The third-order valence-electron chi connectivity index (χ3n) is 2.78. The lowest BCUT2D eigenvalue weighted by Gasteiger charge is -2.08. The molecule has 0 amide bonds. The van der Waals surface area contributed by atoms with Gasteiger partial charge in [0.05, 0.1) is 12.3 Å². The van der Waals surface area contributed by atoms with E-state index in [1.807, 2.05) is 31.2 Å². The quantitative estimate of drug-likeness (QED) is 0.835. The number of nitrogens with one attached hydrogen (secondary N) is 1. The SMILES string of the molecule is CCOc1ccccc1CCc1cc(C(=O)O)[nH]n1. The first kappa shape index (κ1) is 13.1. The van der Waals surface area contributed by atoms with Gasteiger partial charge in [-0.15, -0.1) is 0 Å². The highest BCUT2D eigenvalue weighted by Crippen LogP contribution is 2.19. The van der Waals surface area contributed by atoms with Gasteiger partial charge in [-0.25, -0.2) is 4.79 Å². The standard InChI is InChI=1S/C14H16N2O3/c1-2-19-13-6-4-3-5-10(13)7-8-11-9-12(14(17)18)16-15-11/h3-6,9H,2,7-8H2,1H3,(H,15,16)(H,17,18). The summed E-state index contributed by atoms with van der Waals surface area (Å²) in [6.45, 7) is 2.58. The summed E-state index contributed by atoms with van der Waals surface area (Å²) >= 11 is 0. The molecule has 100 valence electrons. The van der Waals surface area contributed by atoms with Crippen LogP contribution in [-0.2, 0) is 12.8 Å². The number of ether oxygens (including phenoxy) is 1. The van der Waals surface area contributed by atoms with E-state index in [-0.39, 0.29) is 5.69 Å². The molecule has 2 aromatic rings. The Morgan fingerprint density at radius 2 is 2.16 bits per heavy atom. The van der Waals surface area contributed by atoms with Crippen molar-refractivity contribution >= 4 is 5.97 Å². The van der Waals surface area contributed by atoms with Gasteiger partial charge >= 0.3 is 5.97 Å². The van der Waals surface area contributed by atoms with Gasteiger partial charge in [0.15, 0.2) is 0 Å². The molecule has 0 aliphatic carbocycles. The summed E-state index contributed by atoms with van der Waals surface area (Å²) in [5, 5.41) is 15.3. The van der Waals surface area contributed by atoms with E-state index in [4.69, 9.17) is 9.84 Å². The minimum atomic E-state index is -0.992. The molecule has 1 aromatic carbocycles. The molecule has 2 N–H and O–H groups in total. The number of nitrogens with zero attached hydrogens (tertiary/aromatic N) is 1. The molecule has 0 radical (unpaired) electrons. The number of hydrogen-bond acceptors (Lipinski definition) is 3. The van der Waals surface area contributed by atoms with Crippen molar-refractivity contribution < 1.29 is 14.6 Å². The van der Waals surface area contributed by atoms with Gasteiger partial charge in [-0.3, -0.25) is 5.10 Å². The first-order chi connectivity index (χ1) is 9.20. The van der Waals surface area contributed by atoms with Gasteiger partial charge in [0.2, 0.25) is 0 Å². The highest BCUT2D eigenvalue weighted by molar-refractivity contribution is 5.85. The number of aryl methyl sites for hydroxylation is 2. The van der Waals surface area contributed by atoms with Gasteiger partial charge in [0.25, 0.3) is 0 Å². The van der Waals surface area contributed by atoms with Gasteiger partial charge in [0.1, 0.15) is 11.4 Å². The predicted molar refractivity (Wildman–Crippen MR) is 70.6 cm³/mol. The Kier molecular flexibility index (Phi) is 4.18. The van der Waals surface area contributed by atoms with Crippen molar-refractivity contribution in [3.05, 3.63) is 47.3 Å². The second kappa shape index (κ2) is 6.04. The van der Waals surface area contributed by atoms with Gasteiger partial charge in [-0.2, -0.15) is 5.10 Å². The molecule has 5 heteroatoms. The topological polar surface area (TPSA) is 75.2 Å². The third-order valence-corrected chi connectivity index (χ3v) is 2.78. The van der Waals surface area contributed by atoms with Crippen LogP contribution in [0, 0.1) is 0 Å². The Balaban J connectivity index is 2.03. The van der Waals surface area contributed by atoms with Crippen LogP contribution < -0.4 is 4.74 Å². The van der Waals surface area contributed by atoms with E-state index in [1.54, 1.807) is 6.07 Å². The summed E-state index contributed by atoms with van der Waals surface area (Å²) in [7, 11) is 0. The average Bonchev–Trinajstić information content (AvgIpc) is 2.87. The van der Waals surface area contributed by atoms with Gasteiger partial charge in [-0.1, -0.05) is 18.2 Å². The zero-order chi connectivity index (χ0) is 13.7. The maximum absolute atomic E-state index is 10.7. The van der Waals surface area contributed by atoms with E-state index in [0.717, 1.165) is 23.4 Å². The highest BCUT2D eigenvalue weighted by Gasteiger charge is 2.09. The molecule has 1 aromatic heterocycles. The number of aromatic nitrogens is 2. The fourth-order valence-corrected chi connectivity index (χ4v) is 1.87. The first-order valence-corrected chi connectivity index (χ1v) is 6.19. The monoisotopic (exact) mass is 260 g/mol. The molecule has 0 saturated carbocycles. The van der Waals surface area contributed by atoms with Crippen molar-refractivity contribution in [2.24, 2.45) is 0 Å². The Hall–Kier alpha value is -2.30. The zero-order valence-electron chi connectivity index (χ0n) is 10.7. The van der Waals surface area contributed by atoms with Crippen molar-refractivity contribution in [2.75, 3.05) is 6.61 Å². The van der Waals surface area contributed by atoms with E-state index < -0.39 is 5.97 Å². The summed E-state index contributed by atoms with van der Waals surface area (Å²) < 4.78 is 5.55. The fraction of sp³-hybridized carbons (Fsp3) is 0.286. The molecule has 1 heterocycles. The number of hydrogen-bond donors (Lipinski definition) is 2. The van der Waals surface area contributed by atoms with Crippen LogP contribution in [-0.4, -0.2) is 27.9 Å². The van der Waals surface area contributed by atoms with Crippen molar-refractivity contribution in [3.8, 4) is 5.75 Å². The van der Waals surface area contributed by atoms with Crippen LogP contribution in [0.4, 0.5) is 0 Å². The molecule has 0 aliphatic heterocycles. The normalized spacial score (nSPS) is 10.4. The second-order valence-electron chi connectivity index (χ2n) is 4.12. The largest absolute Gasteiger partial charge is 0.494 e. The van der Waals surface area contributed by atoms with E-state index in [9.17, 15) is 4.79 Å². The summed E-state index contributed by atoms with van der Waals surface area (Å²) in [6.07, 6.45) is 1.44. The van der Waals surface area contributed by atoms with Gasteiger partial charge in [0, 0.05) is 0 Å². The molecule has 0 saturated heterocycles. The summed E-state index contributed by atoms with van der Waals surface area (Å²) in [4.78, 5) is 10.7. The third kappa shape index (κ3) is 3.34. The summed E-state index contributed by atoms with van der Waals surface area (Å²) in [6, 6.07) is 9.41. The number of carboxylic acids is 1. The van der Waals surface area contributed by atoms with Crippen molar-refractivity contribution in [2.45, 2.75) is 19.8 Å². The summed E-state index contributed by atoms with van der Waals surface area (Å²) in [5.74, 6) is -0.118. The molecule has 19 heavy (non-hydrogen) atoms. The molecule has 0 fully saturated rings. The Labute approximate surface area is 111 Å². The van der Waals surface area contributed by atoms with Crippen molar-refractivity contribution in [1.29, 1.82) is 0 Å². The Morgan fingerprint density at radius 3 is 2.84 bits per heavy atom. The molecule has 0 aliphatic rings. The Bertz CT molecular complexity index is 563. The minimum absolute atomic E-state index is 0.119. The molecule has 2 rings (SSSR count). The molecule has 0 bridgehead atoms. The maximum Gasteiger partial charge on any atom is 0.353 e. The fourth-order valence-electron chi connectivity index (χ4n) is 1.87. The summed E-state index contributed by atoms with van der Waals surface area (Å²) in [5.41, 5.74) is 1.96. The minimum Gasteiger partial charge on any atom is -0.494 e. The van der Waals surface area contributed by atoms with Gasteiger partial charge < -0.3 is 9.84 Å². The average molecular weight is 260 g/mol.